The van der Waals surface area contributed by atoms with Gasteiger partial charge < -0.3 is 18.9 Å². The third-order valence-electron chi connectivity index (χ3n) is 4.08. The van der Waals surface area contributed by atoms with Gasteiger partial charge in [0.05, 0.1) is 19.3 Å². The molecule has 6 nitrogen and oxygen atoms in total. The predicted octanol–water partition coefficient (Wildman–Crippen LogP) is 3.82. The molecule has 0 N–H and O–H groups in total. The molecule has 134 valence electrons. The summed E-state index contributed by atoms with van der Waals surface area (Å²) in [6, 6.07) is 7.90. The molecule has 1 atom stereocenters. The predicted molar refractivity (Wildman–Crippen MR) is 93.2 cm³/mol. The summed E-state index contributed by atoms with van der Waals surface area (Å²) >= 11 is 0. The van der Waals surface area contributed by atoms with Gasteiger partial charge in [-0.3, -0.25) is 0 Å². The Morgan fingerprint density at radius 3 is 2.84 bits per heavy atom. The lowest BCUT2D eigenvalue weighted by Crippen LogP contribution is -2.38. The van der Waals surface area contributed by atoms with Crippen molar-refractivity contribution in [3.8, 4) is 11.3 Å². The van der Waals surface area contributed by atoms with Crippen molar-refractivity contribution in [2.75, 3.05) is 20.2 Å². The van der Waals surface area contributed by atoms with Gasteiger partial charge in [0.15, 0.2) is 5.76 Å². The summed E-state index contributed by atoms with van der Waals surface area (Å²) in [5.74, 6) is 0.748. The molecule has 1 aliphatic heterocycles. The Kier molecular flexibility index (Phi) is 4.81. The van der Waals surface area contributed by atoms with Crippen LogP contribution in [0.4, 0.5) is 4.79 Å². The van der Waals surface area contributed by atoms with Crippen LogP contribution in [-0.2, 0) is 15.9 Å². The van der Waals surface area contributed by atoms with E-state index in [0.717, 1.165) is 23.3 Å². The van der Waals surface area contributed by atoms with Crippen molar-refractivity contribution in [3.05, 3.63) is 41.6 Å². The van der Waals surface area contributed by atoms with Crippen LogP contribution in [0.25, 0.3) is 11.3 Å². The third kappa shape index (κ3) is 4.02. The van der Waals surface area contributed by atoms with Gasteiger partial charge >= 0.3 is 6.09 Å². The summed E-state index contributed by atoms with van der Waals surface area (Å²) in [5.41, 5.74) is 2.78. The molecule has 0 saturated heterocycles. The van der Waals surface area contributed by atoms with Crippen LogP contribution in [0, 0.1) is 0 Å². The average molecular weight is 344 g/mol. The first-order valence-electron chi connectivity index (χ1n) is 8.44. The van der Waals surface area contributed by atoms with Gasteiger partial charge in [-0.25, -0.2) is 4.79 Å². The standard InChI is InChI=1S/C19H24N2O4/c1-19(2,3)24-18(22)21(4)12-17-15-7-5-6-14(13(15)9-11-23-17)16-8-10-20-25-16/h5-8,10,17H,9,11-12H2,1-4H3/t17-/m0/s1. The fourth-order valence-electron chi connectivity index (χ4n) is 2.98. The smallest absolute Gasteiger partial charge is 0.410 e. The summed E-state index contributed by atoms with van der Waals surface area (Å²) in [6.07, 6.45) is 1.90. The van der Waals surface area contributed by atoms with Gasteiger partial charge in [-0.1, -0.05) is 23.4 Å². The monoisotopic (exact) mass is 344 g/mol. The number of hydrogen-bond acceptors (Lipinski definition) is 5. The van der Waals surface area contributed by atoms with E-state index in [0.29, 0.717) is 13.2 Å². The van der Waals surface area contributed by atoms with Crippen LogP contribution in [0.1, 0.15) is 38.0 Å². The van der Waals surface area contributed by atoms with Crippen LogP contribution in [0.2, 0.25) is 0 Å². The highest BCUT2D eigenvalue weighted by atomic mass is 16.6. The van der Waals surface area contributed by atoms with Crippen LogP contribution >= 0.6 is 0 Å². The Bertz CT molecular complexity index is 734. The van der Waals surface area contributed by atoms with Gasteiger partial charge in [0.2, 0.25) is 0 Å². The number of likely N-dealkylation sites (N-methyl/N-ethyl adjacent to an activating group) is 1. The Labute approximate surface area is 147 Å². The van der Waals surface area contributed by atoms with Gasteiger partial charge in [-0.05, 0) is 38.3 Å². The van der Waals surface area contributed by atoms with Crippen LogP contribution in [-0.4, -0.2) is 42.0 Å². The summed E-state index contributed by atoms with van der Waals surface area (Å²) in [6.45, 7) is 6.60. The number of hydrogen-bond donors (Lipinski definition) is 0. The molecule has 0 bridgehead atoms. The number of nitrogens with zero attached hydrogens (tertiary/aromatic N) is 2. The number of fused-ring (bicyclic) bond motifs is 1. The minimum Gasteiger partial charge on any atom is -0.444 e. The zero-order valence-corrected chi connectivity index (χ0v) is 15.1. The minimum absolute atomic E-state index is 0.191. The molecule has 0 saturated carbocycles. The zero-order valence-electron chi connectivity index (χ0n) is 15.1. The highest BCUT2D eigenvalue weighted by Gasteiger charge is 2.28. The van der Waals surface area contributed by atoms with Crippen LogP contribution in [0.15, 0.2) is 35.0 Å². The first-order chi connectivity index (χ1) is 11.8. The molecule has 0 aliphatic carbocycles. The van der Waals surface area contributed by atoms with Crippen molar-refractivity contribution >= 4 is 6.09 Å². The fraction of sp³-hybridized carbons (Fsp3) is 0.474. The number of carbonyl (C=O) groups is 1. The van der Waals surface area contributed by atoms with Crippen molar-refractivity contribution in [2.24, 2.45) is 0 Å². The first kappa shape index (κ1) is 17.5. The van der Waals surface area contributed by atoms with E-state index in [-0.39, 0.29) is 12.2 Å². The normalized spacial score (nSPS) is 17.0. The van der Waals surface area contributed by atoms with Gasteiger partial charge in [-0.15, -0.1) is 0 Å². The number of carbonyl (C=O) groups excluding carboxylic acids is 1. The van der Waals surface area contributed by atoms with E-state index >= 15 is 0 Å². The molecule has 0 fully saturated rings. The molecule has 2 heterocycles. The number of benzene rings is 1. The van der Waals surface area contributed by atoms with E-state index in [1.54, 1.807) is 18.1 Å². The molecule has 0 radical (unpaired) electrons. The number of rotatable bonds is 3. The van der Waals surface area contributed by atoms with E-state index in [1.165, 1.54) is 5.56 Å². The number of aromatic nitrogens is 1. The minimum atomic E-state index is -0.518. The van der Waals surface area contributed by atoms with E-state index in [9.17, 15) is 4.79 Å². The SMILES string of the molecule is CN(C[C@@H]1OCCc2c(-c3ccno3)cccc21)C(=O)OC(C)(C)C. The molecule has 2 aromatic rings. The second kappa shape index (κ2) is 6.88. The average Bonchev–Trinajstić information content (AvgIpc) is 3.07. The molecular weight excluding hydrogens is 320 g/mol. The van der Waals surface area contributed by atoms with Crippen molar-refractivity contribution < 1.29 is 18.8 Å². The Morgan fingerprint density at radius 1 is 1.36 bits per heavy atom. The second-order valence-corrected chi connectivity index (χ2v) is 7.22. The quantitative estimate of drug-likeness (QED) is 0.847. The van der Waals surface area contributed by atoms with Gasteiger partial charge in [0.1, 0.15) is 11.7 Å². The molecule has 6 heteroatoms. The largest absolute Gasteiger partial charge is 0.444 e. The summed E-state index contributed by atoms with van der Waals surface area (Å²) < 4.78 is 16.7. The second-order valence-electron chi connectivity index (χ2n) is 7.22. The highest BCUT2D eigenvalue weighted by Crippen LogP contribution is 2.34. The first-order valence-corrected chi connectivity index (χ1v) is 8.44. The molecule has 1 amide bonds. The lowest BCUT2D eigenvalue weighted by Gasteiger charge is -2.31. The van der Waals surface area contributed by atoms with E-state index in [4.69, 9.17) is 14.0 Å². The van der Waals surface area contributed by atoms with Crippen molar-refractivity contribution in [1.29, 1.82) is 0 Å². The summed E-state index contributed by atoms with van der Waals surface area (Å²) in [4.78, 5) is 13.8. The molecule has 1 aromatic heterocycles. The van der Waals surface area contributed by atoms with Crippen LogP contribution in [0.3, 0.4) is 0 Å². The molecule has 1 aromatic carbocycles. The van der Waals surface area contributed by atoms with Gasteiger partial charge in [0, 0.05) is 18.7 Å². The van der Waals surface area contributed by atoms with Crippen molar-refractivity contribution in [1.82, 2.24) is 10.1 Å². The Balaban J connectivity index is 1.80. The maximum Gasteiger partial charge on any atom is 0.410 e. The molecular formula is C19H24N2O4. The summed E-state index contributed by atoms with van der Waals surface area (Å²) in [7, 11) is 1.73. The molecule has 0 spiro atoms. The van der Waals surface area contributed by atoms with Gasteiger partial charge in [0.25, 0.3) is 0 Å². The molecule has 3 rings (SSSR count). The molecule has 25 heavy (non-hydrogen) atoms. The maximum atomic E-state index is 12.2. The van der Waals surface area contributed by atoms with E-state index in [2.05, 4.69) is 5.16 Å². The van der Waals surface area contributed by atoms with Gasteiger partial charge in [-0.2, -0.15) is 0 Å². The third-order valence-corrected chi connectivity index (χ3v) is 4.08. The van der Waals surface area contributed by atoms with E-state index in [1.807, 2.05) is 45.0 Å². The summed E-state index contributed by atoms with van der Waals surface area (Å²) in [5, 5.41) is 3.80. The van der Waals surface area contributed by atoms with Crippen LogP contribution < -0.4 is 0 Å². The maximum absolute atomic E-state index is 12.2. The Hall–Kier alpha value is -2.34. The zero-order chi connectivity index (χ0) is 18.0. The Morgan fingerprint density at radius 2 is 2.16 bits per heavy atom. The molecule has 1 aliphatic rings. The number of ether oxygens (including phenoxy) is 2. The van der Waals surface area contributed by atoms with Crippen molar-refractivity contribution in [2.45, 2.75) is 38.9 Å². The molecule has 0 unspecified atom stereocenters. The fourth-order valence-corrected chi connectivity index (χ4v) is 2.98. The van der Waals surface area contributed by atoms with E-state index < -0.39 is 5.60 Å². The van der Waals surface area contributed by atoms with Crippen molar-refractivity contribution in [3.63, 3.8) is 0 Å². The topological polar surface area (TPSA) is 64.8 Å². The lowest BCUT2D eigenvalue weighted by molar-refractivity contribution is -0.00159. The number of amides is 1. The highest BCUT2D eigenvalue weighted by molar-refractivity contribution is 5.68. The lowest BCUT2D eigenvalue weighted by atomic mass is 9.91. The van der Waals surface area contributed by atoms with Crippen LogP contribution in [0.5, 0.6) is 0 Å².